The molecule has 1 unspecified atom stereocenters. The van der Waals surface area contributed by atoms with Crippen LogP contribution in [0.15, 0.2) is 12.7 Å². The van der Waals surface area contributed by atoms with E-state index in [1.807, 2.05) is 0 Å². The van der Waals surface area contributed by atoms with Crippen LogP contribution in [0.4, 0.5) is 5.82 Å². The predicted octanol–water partition coefficient (Wildman–Crippen LogP) is 0.607. The molecular formula is C13H20N5O5P. The first kappa shape index (κ1) is 17.2. The topological polar surface area (TPSA) is 143 Å². The summed E-state index contributed by atoms with van der Waals surface area (Å²) in [6.07, 6.45) is 4.44. The fraction of sp³-hybridized carbons (Fsp3) is 0.615. The first-order chi connectivity index (χ1) is 11.4. The van der Waals surface area contributed by atoms with Gasteiger partial charge in [-0.15, -0.1) is 0 Å². The van der Waals surface area contributed by atoms with Gasteiger partial charge in [0.25, 0.3) is 0 Å². The Balaban J connectivity index is 1.99. The Kier molecular flexibility index (Phi) is 4.58. The van der Waals surface area contributed by atoms with Crippen molar-refractivity contribution >= 4 is 24.6 Å². The lowest BCUT2D eigenvalue weighted by atomic mass is 10.1. The van der Waals surface area contributed by atoms with Crippen molar-refractivity contribution in [3.8, 4) is 0 Å². The fourth-order valence-electron chi connectivity index (χ4n) is 2.44. The van der Waals surface area contributed by atoms with Crippen molar-refractivity contribution in [1.82, 2.24) is 19.5 Å². The zero-order valence-corrected chi connectivity index (χ0v) is 14.1. The molecule has 11 heteroatoms. The van der Waals surface area contributed by atoms with Gasteiger partial charge in [-0.2, -0.15) is 0 Å². The molecule has 3 rings (SSSR count). The summed E-state index contributed by atoms with van der Waals surface area (Å²) in [6, 6.07) is 0.382. The van der Waals surface area contributed by atoms with E-state index in [0.717, 1.165) is 12.8 Å². The maximum Gasteiger partial charge on any atom is 0.351 e. The minimum Gasteiger partial charge on any atom is -0.391 e. The second kappa shape index (κ2) is 6.38. The molecule has 1 aliphatic carbocycles. The molecule has 4 N–H and O–H groups in total. The third-order valence-corrected chi connectivity index (χ3v) is 4.46. The smallest absolute Gasteiger partial charge is 0.351 e. The zero-order chi connectivity index (χ0) is 17.4. The molecule has 132 valence electrons. The molecule has 10 nitrogen and oxygen atoms in total. The lowest BCUT2D eigenvalue weighted by Crippen LogP contribution is -2.40. The van der Waals surface area contributed by atoms with Crippen molar-refractivity contribution in [3.05, 3.63) is 12.7 Å². The van der Waals surface area contributed by atoms with Gasteiger partial charge in [0.2, 0.25) is 0 Å². The van der Waals surface area contributed by atoms with Crippen molar-refractivity contribution in [2.45, 2.75) is 38.0 Å². The van der Waals surface area contributed by atoms with Crippen molar-refractivity contribution in [2.24, 2.45) is 0 Å². The molecule has 0 radical (unpaired) electrons. The average molecular weight is 357 g/mol. The zero-order valence-electron chi connectivity index (χ0n) is 13.2. The highest BCUT2D eigenvalue weighted by Crippen LogP contribution is 2.38. The number of anilines is 1. The van der Waals surface area contributed by atoms with Gasteiger partial charge in [0.1, 0.15) is 6.33 Å². The molecule has 1 atom stereocenters. The van der Waals surface area contributed by atoms with Gasteiger partial charge >= 0.3 is 7.60 Å². The number of nitrogens with zero attached hydrogens (tertiary/aromatic N) is 4. The molecule has 1 aliphatic rings. The summed E-state index contributed by atoms with van der Waals surface area (Å²) in [5.41, 5.74) is -0.411. The maximum atomic E-state index is 11.2. The summed E-state index contributed by atoms with van der Waals surface area (Å²) in [4.78, 5) is 30.8. The number of ether oxygens (including phenoxy) is 1. The van der Waals surface area contributed by atoms with E-state index in [2.05, 4.69) is 20.3 Å². The van der Waals surface area contributed by atoms with Crippen LogP contribution in [0.1, 0.15) is 26.2 Å². The minimum atomic E-state index is -4.38. The SMILES string of the molecule is CCC(CO)(OCP(=O)(O)O)n1cnc2c(NC3CC3)ncnc21. The molecule has 0 bridgehead atoms. The highest BCUT2D eigenvalue weighted by Gasteiger charge is 2.35. The van der Waals surface area contributed by atoms with Gasteiger partial charge in [0, 0.05) is 6.04 Å². The van der Waals surface area contributed by atoms with E-state index in [-0.39, 0.29) is 6.42 Å². The Morgan fingerprint density at radius 1 is 1.42 bits per heavy atom. The lowest BCUT2D eigenvalue weighted by molar-refractivity contribution is -0.125. The number of aliphatic hydroxyl groups excluding tert-OH is 1. The maximum absolute atomic E-state index is 11.2. The lowest BCUT2D eigenvalue weighted by Gasteiger charge is -2.32. The largest absolute Gasteiger partial charge is 0.391 e. The standard InChI is InChI=1S/C13H20N5O5P/c1-2-13(5-19,23-8-24(20,21)22)18-7-16-10-11(17-9-3-4-9)14-6-15-12(10)18/h6-7,9,19H,2-5,8H2,1H3,(H,14,15,17)(H2,20,21,22). The summed E-state index contributed by atoms with van der Waals surface area (Å²) in [5, 5.41) is 13.1. The van der Waals surface area contributed by atoms with Crippen LogP contribution in [0.25, 0.3) is 11.2 Å². The van der Waals surface area contributed by atoms with E-state index in [1.165, 1.54) is 17.2 Å². The Morgan fingerprint density at radius 3 is 2.75 bits per heavy atom. The molecular weight excluding hydrogens is 337 g/mol. The third-order valence-electron chi connectivity index (χ3n) is 3.99. The Morgan fingerprint density at radius 2 is 2.17 bits per heavy atom. The first-order valence-corrected chi connectivity index (χ1v) is 9.43. The Labute approximate surface area is 138 Å². The molecule has 0 saturated heterocycles. The van der Waals surface area contributed by atoms with E-state index in [0.29, 0.717) is 23.0 Å². The highest BCUT2D eigenvalue weighted by molar-refractivity contribution is 7.51. The number of rotatable bonds is 8. The third kappa shape index (κ3) is 3.42. The van der Waals surface area contributed by atoms with Crippen molar-refractivity contribution in [3.63, 3.8) is 0 Å². The van der Waals surface area contributed by atoms with Crippen LogP contribution in [0.3, 0.4) is 0 Å². The average Bonchev–Trinajstić information content (AvgIpc) is 3.25. The number of aliphatic hydroxyl groups is 1. The summed E-state index contributed by atoms with van der Waals surface area (Å²) in [6.45, 7) is 1.26. The summed E-state index contributed by atoms with van der Waals surface area (Å²) in [5.74, 6) is 0.596. The number of fused-ring (bicyclic) bond motifs is 1. The second-order valence-electron chi connectivity index (χ2n) is 5.82. The van der Waals surface area contributed by atoms with Gasteiger partial charge in [-0.05, 0) is 19.3 Å². The molecule has 2 heterocycles. The van der Waals surface area contributed by atoms with Crippen LogP contribution in [-0.2, 0) is 15.0 Å². The quantitative estimate of drug-likeness (QED) is 0.500. The van der Waals surface area contributed by atoms with Crippen molar-refractivity contribution < 1.29 is 24.2 Å². The molecule has 0 amide bonds. The summed E-state index contributed by atoms with van der Waals surface area (Å²) in [7, 11) is -4.38. The normalized spacial score (nSPS) is 17.8. The van der Waals surface area contributed by atoms with E-state index < -0.39 is 26.3 Å². The minimum absolute atomic E-state index is 0.268. The molecule has 2 aromatic heterocycles. The Bertz CT molecular complexity index is 767. The Hall–Kier alpha value is -1.58. The number of imidazole rings is 1. The van der Waals surface area contributed by atoms with Gasteiger partial charge in [-0.1, -0.05) is 6.92 Å². The molecule has 1 saturated carbocycles. The monoisotopic (exact) mass is 357 g/mol. The van der Waals surface area contributed by atoms with E-state index in [4.69, 9.17) is 14.5 Å². The van der Waals surface area contributed by atoms with Gasteiger partial charge in [-0.25, -0.2) is 15.0 Å². The van der Waals surface area contributed by atoms with E-state index in [1.54, 1.807) is 6.92 Å². The predicted molar refractivity (Wildman–Crippen MR) is 85.3 cm³/mol. The van der Waals surface area contributed by atoms with Crippen LogP contribution in [-0.4, -0.2) is 53.4 Å². The van der Waals surface area contributed by atoms with E-state index in [9.17, 15) is 9.67 Å². The van der Waals surface area contributed by atoms with Crippen molar-refractivity contribution in [1.29, 1.82) is 0 Å². The van der Waals surface area contributed by atoms with Crippen LogP contribution in [0.5, 0.6) is 0 Å². The van der Waals surface area contributed by atoms with Crippen LogP contribution < -0.4 is 5.32 Å². The van der Waals surface area contributed by atoms with Gasteiger partial charge in [0.15, 0.2) is 29.1 Å². The molecule has 1 fully saturated rings. The molecule has 24 heavy (non-hydrogen) atoms. The van der Waals surface area contributed by atoms with Gasteiger partial charge in [0.05, 0.1) is 12.9 Å². The number of hydrogen-bond donors (Lipinski definition) is 4. The van der Waals surface area contributed by atoms with Crippen molar-refractivity contribution in [2.75, 3.05) is 18.3 Å². The molecule has 0 aromatic carbocycles. The van der Waals surface area contributed by atoms with Gasteiger partial charge < -0.3 is 24.9 Å². The van der Waals surface area contributed by atoms with Crippen LogP contribution in [0.2, 0.25) is 0 Å². The number of aromatic nitrogens is 4. The second-order valence-corrected chi connectivity index (χ2v) is 7.41. The molecule has 2 aromatic rings. The molecule has 0 spiro atoms. The van der Waals surface area contributed by atoms with Gasteiger partial charge in [-0.3, -0.25) is 9.13 Å². The molecule has 0 aliphatic heterocycles. The first-order valence-electron chi connectivity index (χ1n) is 7.63. The van der Waals surface area contributed by atoms with Crippen LogP contribution in [0, 0.1) is 0 Å². The van der Waals surface area contributed by atoms with E-state index >= 15 is 0 Å². The van der Waals surface area contributed by atoms with Crippen LogP contribution >= 0.6 is 7.60 Å². The summed E-state index contributed by atoms with van der Waals surface area (Å²) < 4.78 is 18.1. The fourth-order valence-corrected chi connectivity index (χ4v) is 2.85. The highest BCUT2D eigenvalue weighted by atomic mass is 31.2. The summed E-state index contributed by atoms with van der Waals surface area (Å²) >= 11 is 0. The number of hydrogen-bond acceptors (Lipinski definition) is 7. The number of nitrogens with one attached hydrogen (secondary N) is 1.